The molecule has 0 aliphatic rings. The molecule has 0 radical (unpaired) electrons. The van der Waals surface area contributed by atoms with E-state index in [2.05, 4.69) is 15.4 Å². The lowest BCUT2D eigenvalue weighted by Crippen LogP contribution is -2.11. The number of hydrogen-bond donors (Lipinski definition) is 2. The van der Waals surface area contributed by atoms with Crippen molar-refractivity contribution in [1.82, 2.24) is 14.8 Å². The van der Waals surface area contributed by atoms with Crippen molar-refractivity contribution in [1.29, 1.82) is 0 Å². The van der Waals surface area contributed by atoms with Gasteiger partial charge in [0.05, 0.1) is 11.4 Å². The molecule has 2 aromatic heterocycles. The van der Waals surface area contributed by atoms with Crippen LogP contribution in [0.25, 0.3) is 11.4 Å². The first-order valence-corrected chi connectivity index (χ1v) is 10.2. The number of hydrogen-bond acceptors (Lipinski definition) is 4. The first-order valence-electron chi connectivity index (χ1n) is 10.2. The fourth-order valence-electron chi connectivity index (χ4n) is 3.15. The molecule has 0 atom stereocenters. The summed E-state index contributed by atoms with van der Waals surface area (Å²) in [6, 6.07) is 5.68. The molecule has 0 aromatic carbocycles. The zero-order valence-corrected chi connectivity index (χ0v) is 16.5. The molecular formula is C21H33N5O. The Kier molecular flexibility index (Phi) is 9.55. The van der Waals surface area contributed by atoms with Crippen LogP contribution in [-0.2, 0) is 11.8 Å². The Labute approximate surface area is 162 Å². The average molecular weight is 372 g/mol. The van der Waals surface area contributed by atoms with Crippen LogP contribution >= 0.6 is 0 Å². The van der Waals surface area contributed by atoms with E-state index in [9.17, 15) is 4.79 Å². The molecule has 0 aliphatic heterocycles. The lowest BCUT2D eigenvalue weighted by atomic mass is 10.1. The molecule has 0 bridgehead atoms. The second kappa shape index (κ2) is 12.2. The Hall–Kier alpha value is -2.21. The predicted molar refractivity (Wildman–Crippen MR) is 110 cm³/mol. The van der Waals surface area contributed by atoms with Gasteiger partial charge in [0.1, 0.15) is 5.69 Å². The maximum Gasteiger partial charge on any atom is 0.224 e. The normalized spacial score (nSPS) is 10.9. The van der Waals surface area contributed by atoms with Crippen molar-refractivity contribution >= 4 is 11.6 Å². The number of rotatable bonds is 13. The molecule has 6 nitrogen and oxygen atoms in total. The molecule has 6 heteroatoms. The number of nitrogens with two attached hydrogens (primary N) is 1. The fraction of sp³-hybridized carbons (Fsp3) is 0.571. The van der Waals surface area contributed by atoms with Crippen LogP contribution in [0.15, 0.2) is 30.6 Å². The van der Waals surface area contributed by atoms with Gasteiger partial charge >= 0.3 is 0 Å². The molecular weight excluding hydrogens is 338 g/mol. The number of unbranched alkanes of at least 4 members (excludes halogenated alkanes) is 8. The summed E-state index contributed by atoms with van der Waals surface area (Å²) in [7, 11) is 1.85. The molecule has 2 rings (SSSR count). The predicted octanol–water partition coefficient (Wildman–Crippen LogP) is 4.28. The van der Waals surface area contributed by atoms with E-state index < -0.39 is 0 Å². The van der Waals surface area contributed by atoms with Gasteiger partial charge in [0, 0.05) is 25.9 Å². The quantitative estimate of drug-likeness (QED) is 0.515. The highest BCUT2D eigenvalue weighted by Gasteiger charge is 2.13. The van der Waals surface area contributed by atoms with Gasteiger partial charge < -0.3 is 11.1 Å². The third-order valence-corrected chi connectivity index (χ3v) is 4.62. The second-order valence-corrected chi connectivity index (χ2v) is 7.05. The Morgan fingerprint density at radius 1 is 1.04 bits per heavy atom. The van der Waals surface area contributed by atoms with Crippen molar-refractivity contribution in [3.63, 3.8) is 0 Å². The minimum absolute atomic E-state index is 0.0435. The van der Waals surface area contributed by atoms with E-state index in [4.69, 9.17) is 5.73 Å². The van der Waals surface area contributed by atoms with Crippen molar-refractivity contribution in [3.05, 3.63) is 30.6 Å². The number of pyridine rings is 1. The number of nitrogens with one attached hydrogen (secondary N) is 1. The molecule has 0 spiro atoms. The lowest BCUT2D eigenvalue weighted by molar-refractivity contribution is -0.116. The second-order valence-electron chi connectivity index (χ2n) is 7.05. The molecule has 0 saturated heterocycles. The summed E-state index contributed by atoms with van der Waals surface area (Å²) in [4.78, 5) is 16.6. The van der Waals surface area contributed by atoms with E-state index in [1.54, 1.807) is 10.9 Å². The molecule has 2 aromatic rings. The van der Waals surface area contributed by atoms with Gasteiger partial charge in [-0.25, -0.2) is 0 Å². The third-order valence-electron chi connectivity index (χ3n) is 4.62. The van der Waals surface area contributed by atoms with Gasteiger partial charge in [0.25, 0.3) is 0 Å². The number of nitrogens with zero attached hydrogens (tertiary/aromatic N) is 3. The number of anilines is 1. The van der Waals surface area contributed by atoms with Crippen LogP contribution in [-0.4, -0.2) is 27.2 Å². The molecule has 27 heavy (non-hydrogen) atoms. The zero-order valence-electron chi connectivity index (χ0n) is 16.5. The zero-order chi connectivity index (χ0) is 19.3. The van der Waals surface area contributed by atoms with E-state index in [-0.39, 0.29) is 5.91 Å². The van der Waals surface area contributed by atoms with Crippen LogP contribution in [0.5, 0.6) is 0 Å². The number of amides is 1. The van der Waals surface area contributed by atoms with Crippen molar-refractivity contribution < 1.29 is 4.79 Å². The van der Waals surface area contributed by atoms with Gasteiger partial charge in [-0.15, -0.1) is 0 Å². The molecule has 2 heterocycles. The van der Waals surface area contributed by atoms with Gasteiger partial charge in [0.2, 0.25) is 5.91 Å². The Morgan fingerprint density at radius 2 is 1.70 bits per heavy atom. The van der Waals surface area contributed by atoms with Gasteiger partial charge in [-0.05, 0) is 31.5 Å². The summed E-state index contributed by atoms with van der Waals surface area (Å²) in [6.45, 7) is 0.810. The van der Waals surface area contributed by atoms with Crippen LogP contribution in [0.1, 0.15) is 64.2 Å². The summed E-state index contributed by atoms with van der Waals surface area (Å²) in [6.07, 6.45) is 14.9. The van der Waals surface area contributed by atoms with E-state index in [0.717, 1.165) is 37.2 Å². The van der Waals surface area contributed by atoms with Crippen LogP contribution in [0.4, 0.5) is 5.69 Å². The summed E-state index contributed by atoms with van der Waals surface area (Å²) in [5.74, 6) is 0.0435. The SMILES string of the molecule is Cn1cc(NC(=O)CCCCCCCCCCCN)c(-c2ccccn2)n1. The molecule has 148 valence electrons. The Bertz CT molecular complexity index is 668. The number of aryl methyl sites for hydroxylation is 1. The molecule has 0 aliphatic carbocycles. The van der Waals surface area contributed by atoms with E-state index in [1.807, 2.05) is 31.4 Å². The van der Waals surface area contributed by atoms with E-state index >= 15 is 0 Å². The number of aromatic nitrogens is 3. The maximum absolute atomic E-state index is 12.3. The lowest BCUT2D eigenvalue weighted by Gasteiger charge is -2.05. The highest BCUT2D eigenvalue weighted by atomic mass is 16.1. The van der Waals surface area contributed by atoms with Crippen molar-refractivity contribution in [2.75, 3.05) is 11.9 Å². The van der Waals surface area contributed by atoms with E-state index in [0.29, 0.717) is 12.1 Å². The first kappa shape index (κ1) is 21.1. The summed E-state index contributed by atoms with van der Waals surface area (Å²) >= 11 is 0. The topological polar surface area (TPSA) is 85.8 Å². The van der Waals surface area contributed by atoms with E-state index in [1.165, 1.54) is 38.5 Å². The van der Waals surface area contributed by atoms with Gasteiger partial charge in [-0.1, -0.05) is 51.0 Å². The smallest absolute Gasteiger partial charge is 0.224 e. The number of carbonyl (C=O) groups excluding carboxylic acids is 1. The van der Waals surface area contributed by atoms with Crippen LogP contribution in [0, 0.1) is 0 Å². The third kappa shape index (κ3) is 7.91. The minimum Gasteiger partial charge on any atom is -0.330 e. The average Bonchev–Trinajstić information content (AvgIpc) is 3.04. The highest BCUT2D eigenvalue weighted by Crippen LogP contribution is 2.24. The highest BCUT2D eigenvalue weighted by molar-refractivity contribution is 5.94. The molecule has 1 amide bonds. The molecule has 0 fully saturated rings. The first-order chi connectivity index (χ1) is 13.2. The largest absolute Gasteiger partial charge is 0.330 e. The van der Waals surface area contributed by atoms with Crippen molar-refractivity contribution in [3.8, 4) is 11.4 Å². The van der Waals surface area contributed by atoms with Gasteiger partial charge in [-0.3, -0.25) is 14.5 Å². The Morgan fingerprint density at radius 3 is 2.33 bits per heavy atom. The summed E-state index contributed by atoms with van der Waals surface area (Å²) in [5, 5.41) is 7.41. The van der Waals surface area contributed by atoms with Crippen LogP contribution in [0.2, 0.25) is 0 Å². The van der Waals surface area contributed by atoms with Crippen molar-refractivity contribution in [2.45, 2.75) is 64.2 Å². The van der Waals surface area contributed by atoms with Crippen LogP contribution < -0.4 is 11.1 Å². The fourth-order valence-corrected chi connectivity index (χ4v) is 3.15. The monoisotopic (exact) mass is 371 g/mol. The maximum atomic E-state index is 12.3. The van der Waals surface area contributed by atoms with Crippen molar-refractivity contribution in [2.24, 2.45) is 12.8 Å². The molecule has 0 saturated carbocycles. The summed E-state index contributed by atoms with van der Waals surface area (Å²) < 4.78 is 1.70. The Balaban J connectivity index is 1.64. The standard InChI is InChI=1S/C21H33N5O/c1-26-17-19(21(25-26)18-13-10-12-16-23-18)24-20(27)14-9-7-5-3-2-4-6-8-11-15-22/h10,12-13,16-17H,2-9,11,14-15,22H2,1H3,(H,24,27). The molecule has 0 unspecified atom stereocenters. The van der Waals surface area contributed by atoms with Crippen LogP contribution in [0.3, 0.4) is 0 Å². The van der Waals surface area contributed by atoms with Gasteiger partial charge in [0.15, 0.2) is 0 Å². The van der Waals surface area contributed by atoms with Gasteiger partial charge in [-0.2, -0.15) is 5.10 Å². The molecule has 3 N–H and O–H groups in total. The minimum atomic E-state index is 0.0435. The summed E-state index contributed by atoms with van der Waals surface area (Å²) in [5.41, 5.74) is 7.69. The number of carbonyl (C=O) groups is 1.